The van der Waals surface area contributed by atoms with Crippen molar-refractivity contribution >= 4 is 88.6 Å². The van der Waals surface area contributed by atoms with Crippen LogP contribution < -0.4 is 79.8 Å². The Morgan fingerprint density at radius 3 is 0.626 bits per heavy atom. The molecular weight excluding hydrogens is 1920 g/mol. The third-order valence-corrected chi connectivity index (χ3v) is 22.2. The van der Waals surface area contributed by atoms with E-state index in [1.54, 1.807) is 42.7 Å². The Hall–Kier alpha value is -8.63. The van der Waals surface area contributed by atoms with Crippen LogP contribution in [-0.4, -0.2) is 411 Å². The van der Waals surface area contributed by atoms with Crippen molar-refractivity contribution in [2.75, 3.05) is 293 Å². The van der Waals surface area contributed by atoms with E-state index in [4.69, 9.17) is 75.8 Å². The Bertz CT molecular complexity index is 3360. The van der Waals surface area contributed by atoms with Crippen molar-refractivity contribution in [1.82, 2.24) is 79.8 Å². The lowest BCUT2D eigenvalue weighted by Crippen LogP contribution is -2.46. The number of ether oxygens (including phenoxy) is 16. The molecule has 0 radical (unpaired) electrons. The molecular formula is C100H187N15O32. The summed E-state index contributed by atoms with van der Waals surface area (Å²) in [6, 6.07) is -3.21. The van der Waals surface area contributed by atoms with Crippen LogP contribution in [0.2, 0.25) is 0 Å². The van der Waals surface area contributed by atoms with Crippen molar-refractivity contribution in [3.8, 4) is 0 Å². The number of hydrogen-bond donors (Lipinski definition) is 16. The fraction of sp³-hybridized carbons (Fsp3) is 0.850. The first-order chi connectivity index (χ1) is 71.5. The van der Waals surface area contributed by atoms with Crippen LogP contribution in [0, 0.1) is 5.92 Å². The van der Waals surface area contributed by atoms with Crippen molar-refractivity contribution in [2.45, 2.75) is 255 Å². The van der Waals surface area contributed by atoms with Gasteiger partial charge in [0.25, 0.3) is 0 Å². The number of aliphatic hydroxyl groups is 1. The highest BCUT2D eigenvalue weighted by Gasteiger charge is 2.26. The fourth-order valence-electron chi connectivity index (χ4n) is 14.3. The molecule has 0 aliphatic heterocycles. The highest BCUT2D eigenvalue weighted by molar-refractivity contribution is 5.84. The molecule has 0 aromatic heterocycles. The molecule has 0 aliphatic rings. The van der Waals surface area contributed by atoms with E-state index >= 15 is 0 Å². The highest BCUT2D eigenvalue weighted by Crippen LogP contribution is 2.15. The van der Waals surface area contributed by atoms with Gasteiger partial charge in [0.05, 0.1) is 106 Å². The lowest BCUT2D eigenvalue weighted by Gasteiger charge is -2.25. The van der Waals surface area contributed by atoms with Crippen molar-refractivity contribution in [3.05, 3.63) is 0 Å². The van der Waals surface area contributed by atoms with E-state index in [0.29, 0.717) is 220 Å². The Morgan fingerprint density at radius 1 is 0.184 bits per heavy atom. The molecule has 147 heavy (non-hydrogen) atoms. The zero-order chi connectivity index (χ0) is 108. The van der Waals surface area contributed by atoms with E-state index in [2.05, 4.69) is 79.8 Å². The molecule has 0 bridgehead atoms. The van der Waals surface area contributed by atoms with Gasteiger partial charge < -0.3 is 161 Å². The number of carbonyl (C=O) groups excluding carboxylic acids is 15. The van der Waals surface area contributed by atoms with E-state index in [-0.39, 0.29) is 282 Å². The van der Waals surface area contributed by atoms with Crippen LogP contribution in [0.5, 0.6) is 0 Å². The van der Waals surface area contributed by atoms with Crippen LogP contribution in [-0.2, 0) is 148 Å². The first-order valence-electron chi connectivity index (χ1n) is 52.9. The Balaban J connectivity index is 7.05. The number of amides is 15. The van der Waals surface area contributed by atoms with Gasteiger partial charge in [-0.05, 0) is 161 Å². The normalized spacial score (nSPS) is 12.2. The molecule has 47 heteroatoms. The van der Waals surface area contributed by atoms with Crippen LogP contribution in [0.15, 0.2) is 0 Å². The second-order valence-electron chi connectivity index (χ2n) is 35.4. The molecule has 0 rings (SSSR count). The Kier molecular flexibility index (Phi) is 98.3. The summed E-state index contributed by atoms with van der Waals surface area (Å²) in [5.41, 5.74) is 0. The van der Waals surface area contributed by atoms with Gasteiger partial charge in [0, 0.05) is 249 Å². The summed E-state index contributed by atoms with van der Waals surface area (Å²) in [5, 5.41) is 52.9. The summed E-state index contributed by atoms with van der Waals surface area (Å²) in [6.45, 7) is 7.60. The number of nitrogens with one attached hydrogen (secondary N) is 15. The third-order valence-electron chi connectivity index (χ3n) is 22.2. The van der Waals surface area contributed by atoms with Gasteiger partial charge in [-0.1, -0.05) is 6.42 Å². The summed E-state index contributed by atoms with van der Waals surface area (Å²) in [5.74, 6) is -4.82. The number of aliphatic hydroxyl groups excluding tert-OH is 1. The summed E-state index contributed by atoms with van der Waals surface area (Å²) < 4.78 is 85.7. The molecule has 5 unspecified atom stereocenters. The zero-order valence-corrected chi connectivity index (χ0v) is 89.3. The smallest absolute Gasteiger partial charge is 0.245 e. The van der Waals surface area contributed by atoms with Gasteiger partial charge in [0.2, 0.25) is 88.6 Å². The number of rotatable bonds is 109. The molecule has 0 aromatic rings. The summed E-state index contributed by atoms with van der Waals surface area (Å²) in [7, 11) is 9.60. The molecule has 47 nitrogen and oxygen atoms in total. The van der Waals surface area contributed by atoms with Crippen LogP contribution in [0.3, 0.4) is 0 Å². The summed E-state index contributed by atoms with van der Waals surface area (Å²) >= 11 is 0. The molecule has 0 saturated heterocycles. The summed E-state index contributed by atoms with van der Waals surface area (Å²) in [6.07, 6.45) is 14.8. The average molecular weight is 2110 g/mol. The van der Waals surface area contributed by atoms with Crippen molar-refractivity contribution in [3.63, 3.8) is 0 Å². The molecule has 0 spiro atoms. The minimum Gasteiger partial charge on any atom is -0.396 e. The van der Waals surface area contributed by atoms with Gasteiger partial charge in [0.1, 0.15) is 33.0 Å². The van der Waals surface area contributed by atoms with Crippen LogP contribution in [0.1, 0.15) is 231 Å². The van der Waals surface area contributed by atoms with Crippen LogP contribution in [0.25, 0.3) is 0 Å². The maximum absolute atomic E-state index is 14.8. The van der Waals surface area contributed by atoms with Gasteiger partial charge in [-0.3, -0.25) is 71.9 Å². The molecule has 15 amide bonds. The summed E-state index contributed by atoms with van der Waals surface area (Å²) in [4.78, 5) is 197. The van der Waals surface area contributed by atoms with Gasteiger partial charge in [-0.2, -0.15) is 0 Å². The number of methoxy groups -OCH3 is 6. The molecule has 0 saturated carbocycles. The zero-order valence-electron chi connectivity index (χ0n) is 89.3. The van der Waals surface area contributed by atoms with Crippen molar-refractivity contribution in [2.24, 2.45) is 5.92 Å². The van der Waals surface area contributed by atoms with E-state index in [9.17, 15) is 77.0 Å². The van der Waals surface area contributed by atoms with E-state index in [1.807, 2.05) is 0 Å². The minimum absolute atomic E-state index is 0.0484. The average Bonchev–Trinajstić information content (AvgIpc) is 0.897. The first kappa shape index (κ1) is 138. The monoisotopic (exact) mass is 2110 g/mol. The van der Waals surface area contributed by atoms with E-state index in [1.165, 1.54) is 0 Å². The van der Waals surface area contributed by atoms with Gasteiger partial charge in [-0.15, -0.1) is 0 Å². The van der Waals surface area contributed by atoms with Crippen LogP contribution >= 0.6 is 0 Å². The molecule has 0 aliphatic carbocycles. The molecule has 16 N–H and O–H groups in total. The number of unbranched alkanes of at least 4 members (excludes halogenated alkanes) is 10. The van der Waals surface area contributed by atoms with Gasteiger partial charge in [-0.25, -0.2) is 0 Å². The largest absolute Gasteiger partial charge is 0.396 e. The number of hydrogen-bond acceptors (Lipinski definition) is 32. The second kappa shape index (κ2) is 104. The molecule has 0 aromatic carbocycles. The van der Waals surface area contributed by atoms with Crippen molar-refractivity contribution in [1.29, 1.82) is 0 Å². The predicted molar refractivity (Wildman–Crippen MR) is 547 cm³/mol. The van der Waals surface area contributed by atoms with Gasteiger partial charge in [0.15, 0.2) is 0 Å². The Morgan fingerprint density at radius 2 is 0.388 bits per heavy atom. The highest BCUT2D eigenvalue weighted by atomic mass is 16.6. The quantitative estimate of drug-likeness (QED) is 0.0376. The molecule has 0 fully saturated rings. The van der Waals surface area contributed by atoms with E-state index < -0.39 is 65.5 Å². The third kappa shape index (κ3) is 97.9. The van der Waals surface area contributed by atoms with E-state index in [0.717, 1.165) is 32.1 Å². The second-order valence-corrected chi connectivity index (χ2v) is 35.4. The van der Waals surface area contributed by atoms with Gasteiger partial charge >= 0.3 is 0 Å². The standard InChI is InChI=1S/C100H187N15O32/c1-132-50-22-12-33-86(117)107-45-55-138-60-65-143-76-96(127)102-40-18-8-29-82(70-92(123)101-39-17-7-28-81(74-116)75-137-6)113-94(125)72-84(31-10-20-42-104-98(129)78-145-67-62-140-57-47-109-88(119)35-14-24-52-134-3)115-95(126)73-85(32-11-21-43-105-99(130)79-146-68-63-141-58-48-110-89(120)36-15-25-53-135-4)114-93(124)71-83(30-9-19-41-103-97(128)77-144-66-61-139-56-46-108-87(118)34-13-23-51-133-2)112-91(122)38-27-44-106-100(131)80-147-69-64-142-59-49-111-90(121)37-16-26-54-136-5/h81-85,116H,7-80H2,1-6H3,(H,101,123)(H,102,127)(H,103,128)(H,104,129)(H,105,130)(H,106,131)(H,107,117)(H,108,118)(H,109,119)(H,110,120)(H,111,121)(H,112,122)(H,113,125)(H,114,124)(H,115,126). The number of carbonyl (C=O) groups is 15. The maximum atomic E-state index is 14.8. The first-order valence-corrected chi connectivity index (χ1v) is 52.9. The molecule has 5 atom stereocenters. The predicted octanol–water partition coefficient (Wildman–Crippen LogP) is 0.900. The lowest BCUT2D eigenvalue weighted by molar-refractivity contribution is -0.127. The Labute approximate surface area is 871 Å². The fourth-order valence-corrected chi connectivity index (χ4v) is 14.3. The van der Waals surface area contributed by atoms with Crippen LogP contribution in [0.4, 0.5) is 0 Å². The SMILES string of the molecule is COCCCCC(=O)NCCOCCOCC(=O)NCCCCC(CC(=O)NCCCCC(CO)COC)NC(=O)CC(CCCCNC(=O)COCCOCCNC(=O)CCCCOC)NC(=O)CC(CCCCNC(=O)COCCOCCNC(=O)CCCCOC)NC(=O)CC(CCCCNC(=O)COCCOCCNC(=O)CCCCOC)NC(=O)CCCNC(=O)COCCOCCNC(=O)CCCCOC. The lowest BCUT2D eigenvalue weighted by atomic mass is 10.0. The minimum atomic E-state index is -0.866. The maximum Gasteiger partial charge on any atom is 0.245 e. The molecule has 854 valence electrons. The molecule has 0 heterocycles. The topological polar surface area (TPSA) is 604 Å². The van der Waals surface area contributed by atoms with Crippen molar-refractivity contribution < 1.29 is 153 Å².